The van der Waals surface area contributed by atoms with Crippen LogP contribution in [0.3, 0.4) is 0 Å². The molecular formula is C12H20N2O3S. The number of nitrogens with one attached hydrogen (secondary N) is 1. The van der Waals surface area contributed by atoms with Gasteiger partial charge in [0.2, 0.25) is 0 Å². The Labute approximate surface area is 112 Å². The Hall–Kier alpha value is -1.14. The number of aromatic nitrogens is 1. The molecule has 0 aromatic carbocycles. The zero-order valence-corrected chi connectivity index (χ0v) is 12.1. The van der Waals surface area contributed by atoms with Crippen molar-refractivity contribution in [3.8, 4) is 0 Å². The van der Waals surface area contributed by atoms with Gasteiger partial charge in [0.1, 0.15) is 10.6 Å². The lowest BCUT2D eigenvalue weighted by atomic mass is 10.2. The largest absolute Gasteiger partial charge is 0.462 e. The summed E-state index contributed by atoms with van der Waals surface area (Å²) in [6.07, 6.45) is 0.0902. The summed E-state index contributed by atoms with van der Waals surface area (Å²) < 4.78 is 14.6. The highest BCUT2D eigenvalue weighted by atomic mass is 32.1. The number of hydrogen-bond donors (Lipinski definition) is 1. The SMILES string of the molecule is CCOC(=O)c1c(C)nsc1NCC(C)OCC. The molecule has 102 valence electrons. The first-order chi connectivity index (χ1) is 8.60. The quantitative estimate of drug-likeness (QED) is 0.773. The number of esters is 1. The molecule has 5 nitrogen and oxygen atoms in total. The van der Waals surface area contributed by atoms with Crippen molar-refractivity contribution in [2.24, 2.45) is 0 Å². The molecule has 1 aromatic heterocycles. The Morgan fingerprint density at radius 2 is 2.17 bits per heavy atom. The van der Waals surface area contributed by atoms with Crippen molar-refractivity contribution in [2.45, 2.75) is 33.8 Å². The van der Waals surface area contributed by atoms with Gasteiger partial charge in [-0.2, -0.15) is 4.37 Å². The fraction of sp³-hybridized carbons (Fsp3) is 0.667. The van der Waals surface area contributed by atoms with Crippen molar-refractivity contribution in [1.29, 1.82) is 0 Å². The predicted molar refractivity (Wildman–Crippen MR) is 72.4 cm³/mol. The summed E-state index contributed by atoms with van der Waals surface area (Å²) in [7, 11) is 0. The van der Waals surface area contributed by atoms with Crippen molar-refractivity contribution in [3.63, 3.8) is 0 Å². The van der Waals surface area contributed by atoms with Crippen molar-refractivity contribution in [3.05, 3.63) is 11.3 Å². The minimum atomic E-state index is -0.324. The Bertz CT molecular complexity index is 393. The molecule has 1 aromatic rings. The predicted octanol–water partition coefficient (Wildman–Crippen LogP) is 2.47. The van der Waals surface area contributed by atoms with Crippen molar-refractivity contribution in [1.82, 2.24) is 4.37 Å². The van der Waals surface area contributed by atoms with Crippen LogP contribution in [0.5, 0.6) is 0 Å². The molecule has 6 heteroatoms. The highest BCUT2D eigenvalue weighted by Crippen LogP contribution is 2.25. The maximum Gasteiger partial charge on any atom is 0.343 e. The van der Waals surface area contributed by atoms with Crippen LogP contribution in [0.2, 0.25) is 0 Å². The summed E-state index contributed by atoms with van der Waals surface area (Å²) in [6, 6.07) is 0. The molecule has 0 amide bonds. The average molecular weight is 272 g/mol. The number of carbonyl (C=O) groups excluding carboxylic acids is 1. The van der Waals surface area contributed by atoms with Crippen LogP contribution in [0.1, 0.15) is 36.8 Å². The topological polar surface area (TPSA) is 60.5 Å². The molecular weight excluding hydrogens is 252 g/mol. The van der Waals surface area contributed by atoms with E-state index in [0.717, 1.165) is 5.00 Å². The summed E-state index contributed by atoms with van der Waals surface area (Å²) in [5.41, 5.74) is 1.23. The molecule has 0 aliphatic rings. The normalized spacial score (nSPS) is 12.2. The summed E-state index contributed by atoms with van der Waals surface area (Å²) in [5.74, 6) is -0.324. The Morgan fingerprint density at radius 3 is 2.78 bits per heavy atom. The fourth-order valence-electron chi connectivity index (χ4n) is 1.51. The number of nitrogens with zero attached hydrogens (tertiary/aromatic N) is 1. The molecule has 0 aliphatic heterocycles. The lowest BCUT2D eigenvalue weighted by molar-refractivity contribution is 0.0526. The van der Waals surface area contributed by atoms with Crippen LogP contribution in [-0.2, 0) is 9.47 Å². The number of carbonyl (C=O) groups is 1. The third-order valence-corrected chi connectivity index (χ3v) is 3.24. The average Bonchev–Trinajstić information content (AvgIpc) is 2.68. The van der Waals surface area contributed by atoms with E-state index in [9.17, 15) is 4.79 Å². The van der Waals surface area contributed by atoms with Crippen molar-refractivity contribution in [2.75, 3.05) is 25.1 Å². The molecule has 0 radical (unpaired) electrons. The zero-order valence-electron chi connectivity index (χ0n) is 11.3. The van der Waals surface area contributed by atoms with Gasteiger partial charge >= 0.3 is 5.97 Å². The van der Waals surface area contributed by atoms with E-state index < -0.39 is 0 Å². The van der Waals surface area contributed by atoms with Gasteiger partial charge in [-0.3, -0.25) is 0 Å². The second-order valence-corrected chi connectivity index (χ2v) is 4.61. The van der Waals surface area contributed by atoms with Crippen LogP contribution in [0, 0.1) is 6.92 Å². The molecule has 0 aliphatic carbocycles. The van der Waals surface area contributed by atoms with Crippen LogP contribution >= 0.6 is 11.5 Å². The van der Waals surface area contributed by atoms with Gasteiger partial charge < -0.3 is 14.8 Å². The molecule has 0 spiro atoms. The summed E-state index contributed by atoms with van der Waals surface area (Å²) in [5, 5.41) is 3.94. The van der Waals surface area contributed by atoms with E-state index in [1.165, 1.54) is 11.5 Å². The minimum Gasteiger partial charge on any atom is -0.462 e. The van der Waals surface area contributed by atoms with Gasteiger partial charge in [-0.25, -0.2) is 4.79 Å². The van der Waals surface area contributed by atoms with Crippen LogP contribution in [-0.4, -0.2) is 36.2 Å². The third-order valence-electron chi connectivity index (χ3n) is 2.34. The number of hydrogen-bond acceptors (Lipinski definition) is 6. The van der Waals surface area contributed by atoms with Crippen molar-refractivity contribution < 1.29 is 14.3 Å². The number of aryl methyl sites for hydroxylation is 1. The van der Waals surface area contributed by atoms with E-state index in [0.29, 0.717) is 31.0 Å². The highest BCUT2D eigenvalue weighted by molar-refractivity contribution is 7.10. The first kappa shape index (κ1) is 14.9. The third kappa shape index (κ3) is 3.96. The standard InChI is InChI=1S/C12H20N2O3S/c1-5-16-8(3)7-13-11-10(9(4)14-18-11)12(15)17-6-2/h8,13H,5-7H2,1-4H3. The smallest absolute Gasteiger partial charge is 0.343 e. The second kappa shape index (κ2) is 7.33. The highest BCUT2D eigenvalue weighted by Gasteiger charge is 2.19. The molecule has 1 atom stereocenters. The van der Waals surface area contributed by atoms with Gasteiger partial charge in [-0.05, 0) is 39.2 Å². The van der Waals surface area contributed by atoms with Gasteiger partial charge in [-0.15, -0.1) is 0 Å². The molecule has 0 fully saturated rings. The Morgan fingerprint density at radius 1 is 1.44 bits per heavy atom. The molecule has 0 bridgehead atoms. The first-order valence-corrected chi connectivity index (χ1v) is 6.86. The van der Waals surface area contributed by atoms with Crippen LogP contribution < -0.4 is 5.32 Å². The molecule has 1 rings (SSSR count). The molecule has 1 N–H and O–H groups in total. The second-order valence-electron chi connectivity index (χ2n) is 3.84. The number of rotatable bonds is 7. The Balaban J connectivity index is 2.68. The number of ether oxygens (including phenoxy) is 2. The summed E-state index contributed by atoms with van der Waals surface area (Å²) >= 11 is 1.27. The molecule has 1 unspecified atom stereocenters. The maximum atomic E-state index is 11.8. The van der Waals surface area contributed by atoms with Crippen LogP contribution in [0.4, 0.5) is 5.00 Å². The lowest BCUT2D eigenvalue weighted by Gasteiger charge is -2.13. The van der Waals surface area contributed by atoms with E-state index in [-0.39, 0.29) is 12.1 Å². The molecule has 0 saturated carbocycles. The summed E-state index contributed by atoms with van der Waals surface area (Å²) in [6.45, 7) is 9.21. The maximum absolute atomic E-state index is 11.8. The van der Waals surface area contributed by atoms with Crippen LogP contribution in [0.25, 0.3) is 0 Å². The van der Waals surface area contributed by atoms with E-state index in [2.05, 4.69) is 9.69 Å². The van der Waals surface area contributed by atoms with Gasteiger partial charge in [0.15, 0.2) is 0 Å². The summed E-state index contributed by atoms with van der Waals surface area (Å²) in [4.78, 5) is 11.8. The van der Waals surface area contributed by atoms with E-state index in [1.54, 1.807) is 13.8 Å². The minimum absolute atomic E-state index is 0.0902. The molecule has 1 heterocycles. The fourth-order valence-corrected chi connectivity index (χ4v) is 2.30. The monoisotopic (exact) mass is 272 g/mol. The van der Waals surface area contributed by atoms with E-state index >= 15 is 0 Å². The van der Waals surface area contributed by atoms with Gasteiger partial charge in [-0.1, -0.05) is 0 Å². The Kier molecular flexibility index (Phi) is 6.07. The van der Waals surface area contributed by atoms with E-state index in [1.807, 2.05) is 13.8 Å². The molecule has 0 saturated heterocycles. The van der Waals surface area contributed by atoms with Gasteiger partial charge in [0.05, 0.1) is 18.4 Å². The zero-order chi connectivity index (χ0) is 13.5. The van der Waals surface area contributed by atoms with Gasteiger partial charge in [0.25, 0.3) is 0 Å². The number of anilines is 1. The molecule has 18 heavy (non-hydrogen) atoms. The van der Waals surface area contributed by atoms with Gasteiger partial charge in [0, 0.05) is 13.2 Å². The van der Waals surface area contributed by atoms with E-state index in [4.69, 9.17) is 9.47 Å². The van der Waals surface area contributed by atoms with Crippen LogP contribution in [0.15, 0.2) is 0 Å². The lowest BCUT2D eigenvalue weighted by Crippen LogP contribution is -2.20. The first-order valence-electron chi connectivity index (χ1n) is 6.08. The van der Waals surface area contributed by atoms with Crippen molar-refractivity contribution >= 4 is 22.5 Å².